The fraction of sp³-hybridized carbons (Fsp3) is 0.350. The molecule has 0 saturated carbocycles. The molecule has 1 amide bonds. The van der Waals surface area contributed by atoms with Crippen LogP contribution in [0.5, 0.6) is 0 Å². The number of nitrogen functional groups attached to an aromatic ring is 1. The Morgan fingerprint density at radius 2 is 1.92 bits per heavy atom. The number of anilines is 3. The van der Waals surface area contributed by atoms with Gasteiger partial charge in [-0.1, -0.05) is 17.7 Å². The fourth-order valence-electron chi connectivity index (χ4n) is 3.26. The van der Waals surface area contributed by atoms with Gasteiger partial charge in [-0.3, -0.25) is 4.79 Å². The van der Waals surface area contributed by atoms with Crippen molar-refractivity contribution in [2.24, 2.45) is 0 Å². The zero-order valence-electron chi connectivity index (χ0n) is 14.4. The first-order valence-corrected chi connectivity index (χ1v) is 8.59. The number of hydrogen-bond donors (Lipinski definition) is 2. The maximum atomic E-state index is 12.3. The monoisotopic (exact) mass is 323 g/mol. The molecule has 0 radical (unpaired) electrons. The van der Waals surface area contributed by atoms with Gasteiger partial charge in [-0.15, -0.1) is 0 Å². The van der Waals surface area contributed by atoms with E-state index in [1.165, 1.54) is 19.3 Å². The van der Waals surface area contributed by atoms with Crippen LogP contribution in [0.25, 0.3) is 0 Å². The van der Waals surface area contributed by atoms with Crippen LogP contribution in [0.4, 0.5) is 17.1 Å². The van der Waals surface area contributed by atoms with Gasteiger partial charge in [0.25, 0.3) is 5.91 Å². The zero-order chi connectivity index (χ0) is 17.1. The molecule has 24 heavy (non-hydrogen) atoms. The number of nitrogens with zero attached hydrogens (tertiary/aromatic N) is 1. The fourth-order valence-corrected chi connectivity index (χ4v) is 3.26. The van der Waals surface area contributed by atoms with Crippen LogP contribution in [0.15, 0.2) is 42.5 Å². The molecule has 1 saturated heterocycles. The highest BCUT2D eigenvalue weighted by molar-refractivity contribution is 6.04. The van der Waals surface area contributed by atoms with Crippen LogP contribution in [-0.4, -0.2) is 18.5 Å². The summed E-state index contributed by atoms with van der Waals surface area (Å²) in [7, 11) is 0. The molecule has 1 aliphatic rings. The Hall–Kier alpha value is -2.49. The Bertz CT molecular complexity index is 724. The van der Waals surface area contributed by atoms with Gasteiger partial charge >= 0.3 is 0 Å². The van der Waals surface area contributed by atoms with Crippen molar-refractivity contribution in [1.29, 1.82) is 0 Å². The van der Waals surface area contributed by atoms with E-state index in [1.54, 1.807) is 0 Å². The topological polar surface area (TPSA) is 58.4 Å². The Balaban J connectivity index is 1.74. The summed E-state index contributed by atoms with van der Waals surface area (Å²) in [5.74, 6) is -0.117. The number of aryl methyl sites for hydroxylation is 1. The van der Waals surface area contributed by atoms with Crippen LogP contribution < -0.4 is 16.0 Å². The molecule has 0 unspecified atom stereocenters. The van der Waals surface area contributed by atoms with Crippen molar-refractivity contribution in [2.45, 2.75) is 39.2 Å². The van der Waals surface area contributed by atoms with Gasteiger partial charge in [-0.25, -0.2) is 0 Å². The lowest BCUT2D eigenvalue weighted by molar-refractivity contribution is 0.102. The molecule has 4 heteroatoms. The maximum absolute atomic E-state index is 12.3. The number of piperidine rings is 1. The number of nitrogens with two attached hydrogens (primary N) is 1. The molecule has 1 atom stereocenters. The van der Waals surface area contributed by atoms with E-state index < -0.39 is 0 Å². The summed E-state index contributed by atoms with van der Waals surface area (Å²) in [5.41, 5.74) is 10.5. The summed E-state index contributed by atoms with van der Waals surface area (Å²) in [6, 6.07) is 13.8. The number of carbonyl (C=O) groups excluding carboxylic acids is 1. The standard InChI is InChI=1S/C20H25N3O/c1-14-6-8-16(9-7-14)20(24)22-17-10-11-19(18(21)13-17)23-12-4-3-5-15(23)2/h6-11,13,15H,3-5,12,21H2,1-2H3,(H,22,24)/t15-/m1/s1. The second-order valence-corrected chi connectivity index (χ2v) is 6.63. The van der Waals surface area contributed by atoms with Crippen LogP contribution in [0.3, 0.4) is 0 Å². The molecule has 0 bridgehead atoms. The van der Waals surface area contributed by atoms with Crippen molar-refractivity contribution in [3.8, 4) is 0 Å². The summed E-state index contributed by atoms with van der Waals surface area (Å²) in [4.78, 5) is 14.7. The van der Waals surface area contributed by atoms with E-state index in [1.807, 2.05) is 49.4 Å². The summed E-state index contributed by atoms with van der Waals surface area (Å²) >= 11 is 0. The van der Waals surface area contributed by atoms with Gasteiger partial charge in [0.1, 0.15) is 0 Å². The zero-order valence-corrected chi connectivity index (χ0v) is 14.4. The van der Waals surface area contributed by atoms with Crippen LogP contribution in [0, 0.1) is 6.92 Å². The first kappa shape index (κ1) is 16.4. The van der Waals surface area contributed by atoms with Gasteiger partial charge in [0.05, 0.1) is 11.4 Å². The van der Waals surface area contributed by atoms with Gasteiger partial charge in [0, 0.05) is 23.8 Å². The minimum atomic E-state index is -0.117. The summed E-state index contributed by atoms with van der Waals surface area (Å²) in [6.45, 7) is 5.29. The summed E-state index contributed by atoms with van der Waals surface area (Å²) < 4.78 is 0. The normalized spacial score (nSPS) is 17.6. The number of benzene rings is 2. The SMILES string of the molecule is Cc1ccc(C(=O)Nc2ccc(N3CCCC[C@H]3C)c(N)c2)cc1. The Kier molecular flexibility index (Phi) is 4.74. The third kappa shape index (κ3) is 3.53. The molecule has 0 aliphatic carbocycles. The van der Waals surface area contributed by atoms with Gasteiger partial charge in [-0.2, -0.15) is 0 Å². The second kappa shape index (κ2) is 6.95. The van der Waals surface area contributed by atoms with E-state index in [-0.39, 0.29) is 5.91 Å². The van der Waals surface area contributed by atoms with Crippen molar-refractivity contribution in [1.82, 2.24) is 0 Å². The minimum Gasteiger partial charge on any atom is -0.397 e. The molecule has 126 valence electrons. The van der Waals surface area contributed by atoms with E-state index in [0.717, 1.165) is 23.5 Å². The molecule has 3 N–H and O–H groups in total. The van der Waals surface area contributed by atoms with Gasteiger partial charge in [0.2, 0.25) is 0 Å². The second-order valence-electron chi connectivity index (χ2n) is 6.63. The number of amides is 1. The third-order valence-corrected chi connectivity index (χ3v) is 4.71. The molecule has 4 nitrogen and oxygen atoms in total. The van der Waals surface area contributed by atoms with Crippen molar-refractivity contribution < 1.29 is 4.79 Å². The Labute approximate surface area is 143 Å². The van der Waals surface area contributed by atoms with E-state index in [2.05, 4.69) is 17.1 Å². The van der Waals surface area contributed by atoms with E-state index in [4.69, 9.17) is 5.73 Å². The summed E-state index contributed by atoms with van der Waals surface area (Å²) in [5, 5.41) is 2.92. The van der Waals surface area contributed by atoms with Crippen molar-refractivity contribution in [3.05, 3.63) is 53.6 Å². The summed E-state index contributed by atoms with van der Waals surface area (Å²) in [6.07, 6.45) is 3.68. The molecule has 1 fully saturated rings. The van der Waals surface area contributed by atoms with Crippen molar-refractivity contribution in [3.63, 3.8) is 0 Å². The van der Waals surface area contributed by atoms with Gasteiger partial charge in [-0.05, 0) is 63.4 Å². The number of carbonyl (C=O) groups is 1. The minimum absolute atomic E-state index is 0.117. The number of rotatable bonds is 3. The average Bonchev–Trinajstić information content (AvgIpc) is 2.56. The first-order valence-electron chi connectivity index (χ1n) is 8.59. The van der Waals surface area contributed by atoms with E-state index in [9.17, 15) is 4.79 Å². The lowest BCUT2D eigenvalue weighted by Crippen LogP contribution is -2.37. The molecular formula is C20H25N3O. The molecular weight excluding hydrogens is 298 g/mol. The van der Waals surface area contributed by atoms with Crippen molar-refractivity contribution in [2.75, 3.05) is 22.5 Å². The highest BCUT2D eigenvalue weighted by Crippen LogP contribution is 2.31. The maximum Gasteiger partial charge on any atom is 0.255 e. The quantitative estimate of drug-likeness (QED) is 0.832. The van der Waals surface area contributed by atoms with Gasteiger partial charge in [0.15, 0.2) is 0 Å². The molecule has 1 aliphatic heterocycles. The molecule has 2 aromatic carbocycles. The largest absolute Gasteiger partial charge is 0.397 e. The predicted molar refractivity (Wildman–Crippen MR) is 101 cm³/mol. The Morgan fingerprint density at radius 3 is 2.58 bits per heavy atom. The van der Waals surface area contributed by atoms with Crippen LogP contribution in [0.1, 0.15) is 42.1 Å². The number of hydrogen-bond acceptors (Lipinski definition) is 3. The lowest BCUT2D eigenvalue weighted by Gasteiger charge is -2.36. The van der Waals surface area contributed by atoms with Crippen LogP contribution >= 0.6 is 0 Å². The predicted octanol–water partition coefficient (Wildman–Crippen LogP) is 4.21. The molecule has 0 spiro atoms. The van der Waals surface area contributed by atoms with Gasteiger partial charge < -0.3 is 16.0 Å². The van der Waals surface area contributed by atoms with E-state index in [0.29, 0.717) is 17.3 Å². The smallest absolute Gasteiger partial charge is 0.255 e. The first-order chi connectivity index (χ1) is 11.5. The average molecular weight is 323 g/mol. The molecule has 2 aromatic rings. The van der Waals surface area contributed by atoms with Crippen LogP contribution in [-0.2, 0) is 0 Å². The molecule has 1 heterocycles. The lowest BCUT2D eigenvalue weighted by atomic mass is 10.0. The highest BCUT2D eigenvalue weighted by atomic mass is 16.1. The highest BCUT2D eigenvalue weighted by Gasteiger charge is 2.20. The Morgan fingerprint density at radius 1 is 1.17 bits per heavy atom. The van der Waals surface area contributed by atoms with Crippen LogP contribution in [0.2, 0.25) is 0 Å². The molecule has 3 rings (SSSR count). The van der Waals surface area contributed by atoms with Crippen molar-refractivity contribution >= 4 is 23.0 Å². The third-order valence-electron chi connectivity index (χ3n) is 4.71. The number of nitrogens with one attached hydrogen (secondary N) is 1. The van der Waals surface area contributed by atoms with E-state index >= 15 is 0 Å². The molecule has 0 aromatic heterocycles.